The number of halogens is 2. The van der Waals surface area contributed by atoms with Gasteiger partial charge in [-0.3, -0.25) is 0 Å². The highest BCUT2D eigenvalue weighted by molar-refractivity contribution is 9.11. The van der Waals surface area contributed by atoms with E-state index >= 15 is 0 Å². The Kier molecular flexibility index (Phi) is 4.14. The van der Waals surface area contributed by atoms with E-state index in [9.17, 15) is 5.11 Å². The average Bonchev–Trinajstić information content (AvgIpc) is 2.17. The Balaban J connectivity index is 3.06. The first-order chi connectivity index (χ1) is 6.88. The van der Waals surface area contributed by atoms with Crippen molar-refractivity contribution in [2.75, 3.05) is 18.6 Å². The van der Waals surface area contributed by atoms with Crippen molar-refractivity contribution >= 4 is 37.7 Å². The van der Waals surface area contributed by atoms with Crippen LogP contribution in [0.2, 0.25) is 0 Å². The zero-order chi connectivity index (χ0) is 11.6. The summed E-state index contributed by atoms with van der Waals surface area (Å²) < 4.78 is 1.83. The lowest BCUT2D eigenvalue weighted by Crippen LogP contribution is -2.45. The summed E-state index contributed by atoms with van der Waals surface area (Å²) in [6, 6.07) is 1.94. The molecule has 0 saturated heterocycles. The molecule has 3 nitrogen and oxygen atoms in total. The number of hydrogen-bond acceptors (Lipinski definition) is 3. The van der Waals surface area contributed by atoms with Crippen molar-refractivity contribution in [3.05, 3.63) is 21.2 Å². The summed E-state index contributed by atoms with van der Waals surface area (Å²) in [5.41, 5.74) is -0.330. The van der Waals surface area contributed by atoms with Gasteiger partial charge in [0.25, 0.3) is 0 Å². The maximum atomic E-state index is 9.28. The topological polar surface area (TPSA) is 36.4 Å². The lowest BCUT2D eigenvalue weighted by molar-refractivity contribution is 0.215. The van der Waals surface area contributed by atoms with Crippen LogP contribution in [-0.4, -0.2) is 29.3 Å². The first-order valence-corrected chi connectivity index (χ1v) is 6.13. The van der Waals surface area contributed by atoms with Gasteiger partial charge >= 0.3 is 0 Å². The molecule has 0 fully saturated rings. The molecule has 1 rings (SSSR count). The quantitative estimate of drug-likeness (QED) is 0.921. The molecule has 1 N–H and O–H groups in total. The van der Waals surface area contributed by atoms with Gasteiger partial charge in [-0.15, -0.1) is 0 Å². The van der Waals surface area contributed by atoms with Crippen molar-refractivity contribution in [1.82, 2.24) is 4.98 Å². The molecule has 15 heavy (non-hydrogen) atoms. The highest BCUT2D eigenvalue weighted by Crippen LogP contribution is 2.29. The number of pyridine rings is 1. The molecule has 0 aliphatic rings. The van der Waals surface area contributed by atoms with Gasteiger partial charge in [0.2, 0.25) is 0 Å². The van der Waals surface area contributed by atoms with Gasteiger partial charge in [0.15, 0.2) is 0 Å². The SMILES string of the molecule is CN(c1ncc(Br)cc1Br)C(C)(C)CO. The summed E-state index contributed by atoms with van der Waals surface area (Å²) in [5.74, 6) is 0.817. The van der Waals surface area contributed by atoms with E-state index in [2.05, 4.69) is 36.8 Å². The standard InChI is InChI=1S/C10H14Br2N2O/c1-10(2,6-15)14(3)9-8(12)4-7(11)5-13-9/h4-5,15H,6H2,1-3H3. The minimum atomic E-state index is -0.330. The minimum Gasteiger partial charge on any atom is -0.394 e. The van der Waals surface area contributed by atoms with E-state index in [1.165, 1.54) is 0 Å². The zero-order valence-electron chi connectivity index (χ0n) is 8.96. The van der Waals surface area contributed by atoms with Crippen LogP contribution in [0, 0.1) is 0 Å². The van der Waals surface area contributed by atoms with Crippen molar-refractivity contribution in [3.63, 3.8) is 0 Å². The lowest BCUT2D eigenvalue weighted by atomic mass is 10.1. The maximum absolute atomic E-state index is 9.28. The first-order valence-electron chi connectivity index (χ1n) is 4.54. The van der Waals surface area contributed by atoms with Crippen LogP contribution < -0.4 is 4.90 Å². The predicted molar refractivity (Wildman–Crippen MR) is 69.2 cm³/mol. The van der Waals surface area contributed by atoms with E-state index in [1.54, 1.807) is 6.20 Å². The Morgan fingerprint density at radius 1 is 1.47 bits per heavy atom. The third kappa shape index (κ3) is 2.92. The summed E-state index contributed by atoms with van der Waals surface area (Å²) in [7, 11) is 1.91. The molecule has 0 unspecified atom stereocenters. The number of anilines is 1. The molecule has 1 aromatic rings. The molecule has 0 aliphatic heterocycles. The summed E-state index contributed by atoms with van der Waals surface area (Å²) in [6.45, 7) is 4.00. The fourth-order valence-electron chi connectivity index (χ4n) is 1.05. The highest BCUT2D eigenvalue weighted by Gasteiger charge is 2.25. The maximum Gasteiger partial charge on any atom is 0.143 e. The Morgan fingerprint density at radius 2 is 2.07 bits per heavy atom. The summed E-state index contributed by atoms with van der Waals surface area (Å²) >= 11 is 6.81. The minimum absolute atomic E-state index is 0.0771. The van der Waals surface area contributed by atoms with Gasteiger partial charge in [-0.1, -0.05) is 0 Å². The second-order valence-electron chi connectivity index (χ2n) is 3.99. The molecule has 84 valence electrons. The van der Waals surface area contributed by atoms with E-state index in [0.29, 0.717) is 0 Å². The molecule has 0 aromatic carbocycles. The molecular weight excluding hydrogens is 324 g/mol. The first kappa shape index (κ1) is 12.9. The van der Waals surface area contributed by atoms with E-state index in [1.807, 2.05) is 31.9 Å². The van der Waals surface area contributed by atoms with Gasteiger partial charge in [-0.2, -0.15) is 0 Å². The predicted octanol–water partition coefficient (Wildman–Crippen LogP) is 2.81. The number of likely N-dealkylation sites (N-methyl/N-ethyl adjacent to an activating group) is 1. The van der Waals surface area contributed by atoms with Gasteiger partial charge in [0, 0.05) is 17.7 Å². The number of aliphatic hydroxyl groups excluding tert-OH is 1. The molecule has 0 saturated carbocycles. The number of rotatable bonds is 3. The van der Waals surface area contributed by atoms with Crippen LogP contribution in [0.3, 0.4) is 0 Å². The molecule has 0 atom stereocenters. The Labute approximate surface area is 107 Å². The van der Waals surface area contributed by atoms with E-state index in [4.69, 9.17) is 0 Å². The van der Waals surface area contributed by atoms with Crippen LogP contribution in [0.25, 0.3) is 0 Å². The largest absolute Gasteiger partial charge is 0.394 e. The van der Waals surface area contributed by atoms with Gasteiger partial charge in [-0.05, 0) is 51.8 Å². The van der Waals surface area contributed by atoms with Crippen LogP contribution in [0.15, 0.2) is 21.2 Å². The van der Waals surface area contributed by atoms with E-state index in [-0.39, 0.29) is 12.1 Å². The van der Waals surface area contributed by atoms with Gasteiger partial charge in [0.05, 0.1) is 16.6 Å². The summed E-state index contributed by atoms with van der Waals surface area (Å²) in [5, 5.41) is 9.28. The monoisotopic (exact) mass is 336 g/mol. The molecule has 0 spiro atoms. The fourth-order valence-corrected chi connectivity index (χ4v) is 2.30. The highest BCUT2D eigenvalue weighted by atomic mass is 79.9. The Morgan fingerprint density at radius 3 is 2.53 bits per heavy atom. The third-order valence-electron chi connectivity index (χ3n) is 2.40. The van der Waals surface area contributed by atoms with Crippen LogP contribution in [0.4, 0.5) is 5.82 Å². The molecule has 0 aliphatic carbocycles. The van der Waals surface area contributed by atoms with Crippen molar-refractivity contribution < 1.29 is 5.11 Å². The van der Waals surface area contributed by atoms with Crippen molar-refractivity contribution in [2.45, 2.75) is 19.4 Å². The molecule has 5 heteroatoms. The smallest absolute Gasteiger partial charge is 0.143 e. The normalized spacial score (nSPS) is 11.6. The summed E-state index contributed by atoms with van der Waals surface area (Å²) in [4.78, 5) is 6.26. The number of hydrogen-bond donors (Lipinski definition) is 1. The summed E-state index contributed by atoms with van der Waals surface area (Å²) in [6.07, 6.45) is 1.74. The molecular formula is C10H14Br2N2O. The number of aromatic nitrogens is 1. The molecule has 0 bridgehead atoms. The van der Waals surface area contributed by atoms with Crippen LogP contribution in [0.1, 0.15) is 13.8 Å². The second kappa shape index (κ2) is 4.80. The van der Waals surface area contributed by atoms with Crippen LogP contribution >= 0.6 is 31.9 Å². The van der Waals surface area contributed by atoms with Gasteiger partial charge in [-0.25, -0.2) is 4.98 Å². The Bertz CT molecular complexity index is 355. The van der Waals surface area contributed by atoms with Crippen molar-refractivity contribution in [2.24, 2.45) is 0 Å². The molecule has 0 radical (unpaired) electrons. The van der Waals surface area contributed by atoms with E-state index in [0.717, 1.165) is 14.8 Å². The molecule has 1 aromatic heterocycles. The fraction of sp³-hybridized carbons (Fsp3) is 0.500. The van der Waals surface area contributed by atoms with Crippen molar-refractivity contribution in [1.29, 1.82) is 0 Å². The second-order valence-corrected chi connectivity index (χ2v) is 5.76. The van der Waals surface area contributed by atoms with Crippen LogP contribution in [-0.2, 0) is 0 Å². The average molecular weight is 338 g/mol. The lowest BCUT2D eigenvalue weighted by Gasteiger charge is -2.35. The van der Waals surface area contributed by atoms with Gasteiger partial charge in [0.1, 0.15) is 5.82 Å². The Hall–Kier alpha value is -0.130. The number of aliphatic hydroxyl groups is 1. The number of nitrogens with zero attached hydrogens (tertiary/aromatic N) is 2. The third-order valence-corrected chi connectivity index (χ3v) is 3.42. The molecule has 1 heterocycles. The zero-order valence-corrected chi connectivity index (χ0v) is 12.1. The van der Waals surface area contributed by atoms with E-state index < -0.39 is 0 Å². The van der Waals surface area contributed by atoms with Gasteiger partial charge < -0.3 is 10.0 Å². The van der Waals surface area contributed by atoms with Crippen LogP contribution in [0.5, 0.6) is 0 Å². The molecule has 0 amide bonds. The van der Waals surface area contributed by atoms with Crippen molar-refractivity contribution in [3.8, 4) is 0 Å².